The number of hydrogen-bond acceptors (Lipinski definition) is 3. The minimum Gasteiger partial charge on any atom is -0.508 e. The lowest BCUT2D eigenvalue weighted by Crippen LogP contribution is -2.33. The number of fused-ring (bicyclic) bond motifs is 1. The second-order valence-electron chi connectivity index (χ2n) is 8.90. The summed E-state index contributed by atoms with van der Waals surface area (Å²) in [5, 5.41) is 12.8. The Kier molecular flexibility index (Phi) is 4.83. The van der Waals surface area contributed by atoms with E-state index in [9.17, 15) is 5.11 Å². The van der Waals surface area contributed by atoms with Crippen LogP contribution in [-0.2, 0) is 15.9 Å². The number of rotatable bonds is 4. The van der Waals surface area contributed by atoms with Gasteiger partial charge in [0.25, 0.3) is 0 Å². The fourth-order valence-electron chi connectivity index (χ4n) is 4.23. The zero-order valence-electron chi connectivity index (χ0n) is 17.1. The Labute approximate surface area is 157 Å². The van der Waals surface area contributed by atoms with E-state index in [0.29, 0.717) is 11.7 Å². The first-order chi connectivity index (χ1) is 12.0. The number of aromatic hydroxyl groups is 1. The molecule has 0 radical (unpaired) electrons. The van der Waals surface area contributed by atoms with Gasteiger partial charge >= 0.3 is 0 Å². The van der Waals surface area contributed by atoms with E-state index >= 15 is 0 Å². The van der Waals surface area contributed by atoms with Crippen molar-refractivity contribution >= 4 is 10.8 Å². The molecule has 0 aromatic heterocycles. The Bertz CT molecular complexity index is 818. The summed E-state index contributed by atoms with van der Waals surface area (Å²) in [4.78, 5) is 0. The van der Waals surface area contributed by atoms with Crippen molar-refractivity contribution in [2.45, 2.75) is 84.7 Å². The fraction of sp³-hybridized carbons (Fsp3) is 0.565. The van der Waals surface area contributed by atoms with E-state index in [4.69, 9.17) is 9.47 Å². The monoisotopic (exact) mass is 356 g/mol. The molecule has 3 rings (SSSR count). The van der Waals surface area contributed by atoms with Gasteiger partial charge in [-0.3, -0.25) is 0 Å². The average molecular weight is 357 g/mol. The van der Waals surface area contributed by atoms with Crippen LogP contribution in [0.1, 0.15) is 70.6 Å². The third kappa shape index (κ3) is 3.60. The zero-order chi connectivity index (χ0) is 19.3. The number of aryl methyl sites for hydroxylation is 2. The summed E-state index contributed by atoms with van der Waals surface area (Å²) >= 11 is 0. The minimum absolute atomic E-state index is 0.0516. The summed E-state index contributed by atoms with van der Waals surface area (Å²) in [6.45, 7) is 14.5. The Morgan fingerprint density at radius 3 is 2.38 bits per heavy atom. The SMILES string of the molecule is Cc1ccc2cc(C(C)C)c(O)cc2c1CC[C@H]1OC(C)(C)OC1(C)C. The van der Waals surface area contributed by atoms with Crippen LogP contribution in [0.4, 0.5) is 0 Å². The maximum atomic E-state index is 10.5. The van der Waals surface area contributed by atoms with Gasteiger partial charge in [0.15, 0.2) is 5.79 Å². The molecule has 0 unspecified atom stereocenters. The number of ether oxygens (including phenoxy) is 2. The molecule has 3 heteroatoms. The molecule has 1 fully saturated rings. The van der Waals surface area contributed by atoms with Crippen LogP contribution in [0.25, 0.3) is 10.8 Å². The van der Waals surface area contributed by atoms with Gasteiger partial charge in [0.2, 0.25) is 0 Å². The van der Waals surface area contributed by atoms with Crippen LogP contribution in [-0.4, -0.2) is 22.6 Å². The number of benzene rings is 2. The lowest BCUT2D eigenvalue weighted by atomic mass is 9.89. The Morgan fingerprint density at radius 2 is 1.81 bits per heavy atom. The van der Waals surface area contributed by atoms with Gasteiger partial charge in [0.05, 0.1) is 11.7 Å². The first-order valence-electron chi connectivity index (χ1n) is 9.63. The quantitative estimate of drug-likeness (QED) is 0.748. The Hall–Kier alpha value is -1.58. The molecule has 2 aromatic rings. The van der Waals surface area contributed by atoms with Gasteiger partial charge in [-0.1, -0.05) is 26.0 Å². The molecule has 1 saturated heterocycles. The summed E-state index contributed by atoms with van der Waals surface area (Å²) < 4.78 is 12.2. The molecular weight excluding hydrogens is 324 g/mol. The Balaban J connectivity index is 1.93. The van der Waals surface area contributed by atoms with Crippen molar-refractivity contribution in [1.29, 1.82) is 0 Å². The van der Waals surface area contributed by atoms with Crippen molar-refractivity contribution in [2.24, 2.45) is 0 Å². The summed E-state index contributed by atoms with van der Waals surface area (Å²) in [7, 11) is 0. The van der Waals surface area contributed by atoms with E-state index in [1.807, 2.05) is 19.9 Å². The molecule has 0 saturated carbocycles. The second kappa shape index (κ2) is 6.54. The van der Waals surface area contributed by atoms with E-state index in [1.165, 1.54) is 16.5 Å². The van der Waals surface area contributed by atoms with E-state index in [-0.39, 0.29) is 11.7 Å². The molecule has 1 aliphatic rings. The van der Waals surface area contributed by atoms with Gasteiger partial charge in [0, 0.05) is 0 Å². The van der Waals surface area contributed by atoms with Crippen molar-refractivity contribution < 1.29 is 14.6 Å². The van der Waals surface area contributed by atoms with Crippen LogP contribution in [0.3, 0.4) is 0 Å². The predicted octanol–water partition coefficient (Wildman–Crippen LogP) is 5.84. The van der Waals surface area contributed by atoms with Gasteiger partial charge in [-0.05, 0) is 93.0 Å². The molecule has 3 nitrogen and oxygen atoms in total. The van der Waals surface area contributed by atoms with Crippen molar-refractivity contribution in [3.63, 3.8) is 0 Å². The maximum absolute atomic E-state index is 10.5. The van der Waals surface area contributed by atoms with E-state index in [1.54, 1.807) is 0 Å². The molecular formula is C23H32O3. The van der Waals surface area contributed by atoms with Crippen molar-refractivity contribution in [3.05, 3.63) is 41.0 Å². The standard InChI is InChI=1S/C23H32O3/c1-14(2)18-12-16-9-8-15(3)17(19(16)13-20(18)24)10-11-21-22(4,5)26-23(6,7)25-21/h8-9,12-14,21,24H,10-11H2,1-7H3/t21-/m1/s1. The van der Waals surface area contributed by atoms with Gasteiger partial charge in [-0.15, -0.1) is 0 Å². The van der Waals surface area contributed by atoms with E-state index in [0.717, 1.165) is 23.8 Å². The van der Waals surface area contributed by atoms with Gasteiger partial charge < -0.3 is 14.6 Å². The Morgan fingerprint density at radius 1 is 1.12 bits per heavy atom. The van der Waals surface area contributed by atoms with E-state index < -0.39 is 5.79 Å². The van der Waals surface area contributed by atoms with Crippen LogP contribution in [0, 0.1) is 6.92 Å². The highest BCUT2D eigenvalue weighted by atomic mass is 16.8. The molecule has 2 aromatic carbocycles. The van der Waals surface area contributed by atoms with Crippen molar-refractivity contribution in [3.8, 4) is 5.75 Å². The van der Waals surface area contributed by atoms with Gasteiger partial charge in [-0.2, -0.15) is 0 Å². The molecule has 26 heavy (non-hydrogen) atoms. The third-order valence-electron chi connectivity index (χ3n) is 5.50. The lowest BCUT2D eigenvalue weighted by Gasteiger charge is -2.24. The smallest absolute Gasteiger partial charge is 0.164 e. The van der Waals surface area contributed by atoms with Crippen LogP contribution in [0.15, 0.2) is 24.3 Å². The number of phenolic OH excluding ortho intramolecular Hbond substituents is 1. The average Bonchev–Trinajstić information content (AvgIpc) is 2.72. The molecule has 0 spiro atoms. The largest absolute Gasteiger partial charge is 0.508 e. The lowest BCUT2D eigenvalue weighted by molar-refractivity contribution is -0.157. The summed E-state index contributed by atoms with van der Waals surface area (Å²) in [6.07, 6.45) is 1.84. The molecule has 142 valence electrons. The molecule has 1 atom stereocenters. The number of phenols is 1. The van der Waals surface area contributed by atoms with Crippen LogP contribution in [0.5, 0.6) is 5.75 Å². The second-order valence-corrected chi connectivity index (χ2v) is 8.90. The van der Waals surface area contributed by atoms with Gasteiger partial charge in [0.1, 0.15) is 5.75 Å². The van der Waals surface area contributed by atoms with E-state index in [2.05, 4.69) is 52.8 Å². The predicted molar refractivity (Wildman–Crippen MR) is 107 cm³/mol. The van der Waals surface area contributed by atoms with Gasteiger partial charge in [-0.25, -0.2) is 0 Å². The van der Waals surface area contributed by atoms with Crippen LogP contribution >= 0.6 is 0 Å². The highest BCUT2D eigenvalue weighted by molar-refractivity contribution is 5.89. The molecule has 1 heterocycles. The molecule has 0 bridgehead atoms. The highest BCUT2D eigenvalue weighted by Gasteiger charge is 2.46. The third-order valence-corrected chi connectivity index (χ3v) is 5.50. The summed E-state index contributed by atoms with van der Waals surface area (Å²) in [6, 6.07) is 8.40. The van der Waals surface area contributed by atoms with Crippen molar-refractivity contribution in [2.75, 3.05) is 0 Å². The first-order valence-corrected chi connectivity index (χ1v) is 9.63. The molecule has 0 amide bonds. The fourth-order valence-corrected chi connectivity index (χ4v) is 4.23. The maximum Gasteiger partial charge on any atom is 0.164 e. The zero-order valence-corrected chi connectivity index (χ0v) is 17.1. The molecule has 1 N–H and O–H groups in total. The van der Waals surface area contributed by atoms with Crippen molar-refractivity contribution in [1.82, 2.24) is 0 Å². The topological polar surface area (TPSA) is 38.7 Å². The number of hydrogen-bond donors (Lipinski definition) is 1. The van der Waals surface area contributed by atoms with Crippen LogP contribution < -0.4 is 0 Å². The summed E-state index contributed by atoms with van der Waals surface area (Å²) in [5.74, 6) is 0.157. The van der Waals surface area contributed by atoms with Crippen LogP contribution in [0.2, 0.25) is 0 Å². The normalized spacial score (nSPS) is 21.6. The minimum atomic E-state index is -0.535. The first kappa shape index (κ1) is 19.2. The molecule has 1 aliphatic heterocycles. The molecule has 0 aliphatic carbocycles. The highest BCUT2D eigenvalue weighted by Crippen LogP contribution is 2.39. The summed E-state index contributed by atoms with van der Waals surface area (Å²) in [5.41, 5.74) is 3.25.